The molecule has 0 aliphatic heterocycles. The van der Waals surface area contributed by atoms with Gasteiger partial charge in [0.2, 0.25) is 0 Å². The van der Waals surface area contributed by atoms with E-state index in [4.69, 9.17) is 4.74 Å². The highest BCUT2D eigenvalue weighted by Gasteiger charge is 2.02. The van der Waals surface area contributed by atoms with Crippen molar-refractivity contribution in [3.63, 3.8) is 0 Å². The second-order valence-electron chi connectivity index (χ2n) is 4.60. The Balaban J connectivity index is 1.74. The first-order chi connectivity index (χ1) is 11.2. The number of carbonyl (C=O) groups is 1. The third-order valence-electron chi connectivity index (χ3n) is 2.96. The number of rotatable bonds is 2. The maximum absolute atomic E-state index is 12.8. The Labute approximate surface area is 131 Å². The predicted molar refractivity (Wildman–Crippen MR) is 81.6 cm³/mol. The molecule has 2 aromatic carbocycles. The maximum atomic E-state index is 12.8. The molecule has 0 atom stereocenters. The standard InChI is InChI=1S/C17H12FN3O2/c18-13-6-8-16(9-7-13)23-17(22)20-14-10-11-21(19-12-14)15-4-2-1-3-5-15/h1-12H. The summed E-state index contributed by atoms with van der Waals surface area (Å²) in [4.78, 5) is 15.5. The highest BCUT2D eigenvalue weighted by Crippen LogP contribution is 2.11. The Kier molecular flexibility index (Phi) is 4.24. The monoisotopic (exact) mass is 309 g/mol. The second kappa shape index (κ2) is 6.65. The number of aromatic nitrogens is 2. The lowest BCUT2D eigenvalue weighted by Gasteiger charge is -2.03. The highest BCUT2D eigenvalue weighted by atomic mass is 19.1. The zero-order valence-corrected chi connectivity index (χ0v) is 12.0. The molecule has 0 unspecified atom stereocenters. The molecule has 0 fully saturated rings. The fourth-order valence-electron chi connectivity index (χ4n) is 1.88. The first-order valence-corrected chi connectivity index (χ1v) is 6.83. The Hall–Kier alpha value is -3.28. The van der Waals surface area contributed by atoms with Crippen molar-refractivity contribution < 1.29 is 13.9 Å². The summed E-state index contributed by atoms with van der Waals surface area (Å²) in [7, 11) is 0. The summed E-state index contributed by atoms with van der Waals surface area (Å²) in [6, 6.07) is 16.3. The third kappa shape index (κ3) is 3.88. The number of halogens is 1. The fraction of sp³-hybridized carbons (Fsp3) is 0. The van der Waals surface area contributed by atoms with Crippen LogP contribution < -0.4 is 10.1 Å². The largest absolute Gasteiger partial charge is 0.439 e. The minimum absolute atomic E-state index is 0.225. The van der Waals surface area contributed by atoms with Gasteiger partial charge in [0.05, 0.1) is 17.2 Å². The molecule has 5 nitrogen and oxygen atoms in total. The van der Waals surface area contributed by atoms with Crippen molar-refractivity contribution in [2.75, 3.05) is 0 Å². The van der Waals surface area contributed by atoms with E-state index in [-0.39, 0.29) is 5.75 Å². The van der Waals surface area contributed by atoms with Crippen LogP contribution in [0.3, 0.4) is 0 Å². The number of para-hydroxylation sites is 1. The minimum atomic E-state index is -0.795. The summed E-state index contributed by atoms with van der Waals surface area (Å²) in [6.45, 7) is 0. The van der Waals surface area contributed by atoms with Crippen LogP contribution in [0, 0.1) is 5.82 Å². The van der Waals surface area contributed by atoms with Crippen molar-refractivity contribution in [1.29, 1.82) is 0 Å². The lowest BCUT2D eigenvalue weighted by atomic mass is 10.3. The van der Waals surface area contributed by atoms with Gasteiger partial charge in [-0.1, -0.05) is 18.2 Å². The van der Waals surface area contributed by atoms with Crippen LogP contribution in [-0.4, -0.2) is 15.9 Å². The van der Waals surface area contributed by atoms with Crippen LogP contribution in [0.5, 0.6) is 5.75 Å². The molecule has 0 saturated carbocycles. The zero-order valence-electron chi connectivity index (χ0n) is 12.0. The molecule has 1 heterocycles. The van der Waals surface area contributed by atoms with Gasteiger partial charge in [-0.25, -0.2) is 13.9 Å². The molecule has 1 amide bonds. The van der Waals surface area contributed by atoms with Crippen molar-refractivity contribution in [2.24, 2.45) is 4.99 Å². The molecule has 114 valence electrons. The Bertz CT molecular complexity index is 854. The lowest BCUT2D eigenvalue weighted by Crippen LogP contribution is -2.13. The number of carbonyl (C=O) groups excluding carboxylic acids is 1. The van der Waals surface area contributed by atoms with Crippen LogP contribution in [0.2, 0.25) is 0 Å². The van der Waals surface area contributed by atoms with E-state index < -0.39 is 11.9 Å². The normalized spacial score (nSPS) is 11.3. The number of amides is 1. The molecular formula is C17H12FN3O2. The smallest absolute Gasteiger partial charge is 0.409 e. The Morgan fingerprint density at radius 3 is 2.43 bits per heavy atom. The first kappa shape index (κ1) is 14.6. The van der Waals surface area contributed by atoms with E-state index in [0.29, 0.717) is 5.36 Å². The minimum Gasteiger partial charge on any atom is -0.409 e. The van der Waals surface area contributed by atoms with Gasteiger partial charge < -0.3 is 4.74 Å². The summed E-state index contributed by atoms with van der Waals surface area (Å²) in [5.74, 6) is -0.178. The molecule has 0 saturated heterocycles. The average molecular weight is 309 g/mol. The van der Waals surface area contributed by atoms with Crippen molar-refractivity contribution >= 4 is 6.09 Å². The lowest BCUT2D eigenvalue weighted by molar-refractivity contribution is 0.210. The van der Waals surface area contributed by atoms with E-state index in [1.165, 1.54) is 30.5 Å². The van der Waals surface area contributed by atoms with Gasteiger partial charge in [-0.3, -0.25) is 0 Å². The van der Waals surface area contributed by atoms with Crippen LogP contribution in [-0.2, 0) is 0 Å². The van der Waals surface area contributed by atoms with Gasteiger partial charge in [0.1, 0.15) is 11.6 Å². The van der Waals surface area contributed by atoms with E-state index in [1.54, 1.807) is 16.9 Å². The maximum Gasteiger partial charge on any atom is 0.439 e. The number of nitrogens with zero attached hydrogens (tertiary/aromatic N) is 3. The topological polar surface area (TPSA) is 56.5 Å². The summed E-state index contributed by atoms with van der Waals surface area (Å²) in [5, 5.41) is 4.55. The van der Waals surface area contributed by atoms with E-state index in [1.807, 2.05) is 30.3 Å². The molecule has 23 heavy (non-hydrogen) atoms. The van der Waals surface area contributed by atoms with Crippen molar-refractivity contribution in [3.8, 4) is 11.4 Å². The quantitative estimate of drug-likeness (QED) is 0.731. The Morgan fingerprint density at radius 2 is 1.78 bits per heavy atom. The van der Waals surface area contributed by atoms with Crippen LogP contribution in [0.4, 0.5) is 9.18 Å². The molecule has 3 aromatic rings. The number of benzene rings is 2. The van der Waals surface area contributed by atoms with Crippen LogP contribution in [0.25, 0.3) is 5.69 Å². The van der Waals surface area contributed by atoms with Gasteiger partial charge in [0.25, 0.3) is 0 Å². The molecule has 0 N–H and O–H groups in total. The summed E-state index contributed by atoms with van der Waals surface area (Å²) >= 11 is 0. The average Bonchev–Trinajstić information content (AvgIpc) is 2.58. The zero-order chi connectivity index (χ0) is 16.1. The molecule has 0 aliphatic rings. The Morgan fingerprint density at radius 1 is 1.04 bits per heavy atom. The van der Waals surface area contributed by atoms with Crippen molar-refractivity contribution in [2.45, 2.75) is 0 Å². The number of ether oxygens (including phenoxy) is 1. The van der Waals surface area contributed by atoms with Gasteiger partial charge in [0, 0.05) is 6.20 Å². The highest BCUT2D eigenvalue weighted by molar-refractivity contribution is 5.71. The van der Waals surface area contributed by atoms with E-state index >= 15 is 0 Å². The first-order valence-electron chi connectivity index (χ1n) is 6.83. The molecule has 0 aliphatic carbocycles. The summed E-state index contributed by atoms with van der Waals surface area (Å²) < 4.78 is 19.4. The van der Waals surface area contributed by atoms with Gasteiger partial charge in [0.15, 0.2) is 0 Å². The third-order valence-corrected chi connectivity index (χ3v) is 2.96. The molecule has 1 aromatic heterocycles. The van der Waals surface area contributed by atoms with Crippen molar-refractivity contribution in [1.82, 2.24) is 9.78 Å². The number of hydrogen-bond acceptors (Lipinski definition) is 3. The van der Waals surface area contributed by atoms with Gasteiger partial charge in [-0.15, -0.1) is 0 Å². The second-order valence-corrected chi connectivity index (χ2v) is 4.60. The van der Waals surface area contributed by atoms with Gasteiger partial charge >= 0.3 is 6.09 Å². The van der Waals surface area contributed by atoms with E-state index in [9.17, 15) is 9.18 Å². The fourth-order valence-corrected chi connectivity index (χ4v) is 1.88. The molecule has 0 radical (unpaired) electrons. The molecule has 0 spiro atoms. The van der Waals surface area contributed by atoms with Crippen LogP contribution >= 0.6 is 0 Å². The van der Waals surface area contributed by atoms with E-state index in [0.717, 1.165) is 5.69 Å². The predicted octanol–water partition coefficient (Wildman–Crippen LogP) is 3.11. The van der Waals surface area contributed by atoms with Gasteiger partial charge in [-0.2, -0.15) is 10.1 Å². The molecular weight excluding hydrogens is 297 g/mol. The van der Waals surface area contributed by atoms with E-state index in [2.05, 4.69) is 10.1 Å². The number of hydrogen-bond donors (Lipinski definition) is 0. The van der Waals surface area contributed by atoms with Crippen LogP contribution in [0.15, 0.2) is 78.0 Å². The van der Waals surface area contributed by atoms with Gasteiger partial charge in [-0.05, 0) is 42.5 Å². The molecule has 3 rings (SSSR count). The summed E-state index contributed by atoms with van der Waals surface area (Å²) in [5.41, 5.74) is 0.896. The molecule has 6 heteroatoms. The SMILES string of the molecule is O=C(N=c1ccn(-c2ccccc2)nc1)Oc1ccc(F)cc1. The summed E-state index contributed by atoms with van der Waals surface area (Å²) in [6.07, 6.45) is 2.36. The van der Waals surface area contributed by atoms with Crippen LogP contribution in [0.1, 0.15) is 0 Å². The molecule has 0 bridgehead atoms. The van der Waals surface area contributed by atoms with Crippen molar-refractivity contribution in [3.05, 3.63) is 84.2 Å².